The standard InChI is InChI=1S/C20H24O4/c1-16(2)20(21,14-23-13-17-7-5-4-6-8-17)15-24-19-11-9-18(22-3)10-12-19/h4-12,21H,1,13-15H2,2-3H3. The van der Waals surface area contributed by atoms with Crippen LogP contribution in [0, 0.1) is 0 Å². The molecule has 0 spiro atoms. The second-order valence-electron chi connectivity index (χ2n) is 5.75. The minimum Gasteiger partial charge on any atom is -0.497 e. The molecule has 1 N–H and O–H groups in total. The molecule has 0 fully saturated rings. The Hall–Kier alpha value is -2.30. The zero-order chi connectivity index (χ0) is 17.4. The summed E-state index contributed by atoms with van der Waals surface area (Å²) in [6, 6.07) is 17.0. The van der Waals surface area contributed by atoms with E-state index in [2.05, 4.69) is 6.58 Å². The van der Waals surface area contributed by atoms with Crippen LogP contribution in [0.3, 0.4) is 0 Å². The van der Waals surface area contributed by atoms with E-state index in [9.17, 15) is 5.11 Å². The lowest BCUT2D eigenvalue weighted by Crippen LogP contribution is -2.41. The Labute approximate surface area is 143 Å². The van der Waals surface area contributed by atoms with Gasteiger partial charge in [0.2, 0.25) is 0 Å². The zero-order valence-electron chi connectivity index (χ0n) is 14.2. The third-order valence-corrected chi connectivity index (χ3v) is 3.78. The molecule has 128 valence electrons. The van der Waals surface area contributed by atoms with Crippen LogP contribution < -0.4 is 9.47 Å². The molecule has 4 nitrogen and oxygen atoms in total. The van der Waals surface area contributed by atoms with Crippen molar-refractivity contribution in [3.8, 4) is 11.5 Å². The molecular formula is C20H24O4. The fourth-order valence-electron chi connectivity index (χ4n) is 2.07. The van der Waals surface area contributed by atoms with Crippen LogP contribution in [-0.4, -0.2) is 31.0 Å². The third kappa shape index (κ3) is 5.11. The molecule has 4 heteroatoms. The molecule has 0 bridgehead atoms. The van der Waals surface area contributed by atoms with E-state index >= 15 is 0 Å². The van der Waals surface area contributed by atoms with E-state index in [1.165, 1.54) is 0 Å². The molecule has 0 aromatic heterocycles. The van der Waals surface area contributed by atoms with Crippen LogP contribution in [0.5, 0.6) is 11.5 Å². The summed E-state index contributed by atoms with van der Waals surface area (Å²) in [6.45, 7) is 6.25. The predicted molar refractivity (Wildman–Crippen MR) is 94.4 cm³/mol. The van der Waals surface area contributed by atoms with E-state index in [0.717, 1.165) is 11.3 Å². The van der Waals surface area contributed by atoms with Crippen molar-refractivity contribution in [2.75, 3.05) is 20.3 Å². The van der Waals surface area contributed by atoms with Gasteiger partial charge in [-0.25, -0.2) is 0 Å². The Bertz CT molecular complexity index is 636. The molecule has 0 amide bonds. The third-order valence-electron chi connectivity index (χ3n) is 3.78. The van der Waals surface area contributed by atoms with Crippen molar-refractivity contribution in [2.24, 2.45) is 0 Å². The first-order valence-corrected chi connectivity index (χ1v) is 7.80. The number of benzene rings is 2. The molecule has 1 atom stereocenters. The highest BCUT2D eigenvalue weighted by Gasteiger charge is 2.29. The molecule has 2 aromatic rings. The first-order chi connectivity index (χ1) is 11.5. The van der Waals surface area contributed by atoms with Crippen LogP contribution in [0.25, 0.3) is 0 Å². The van der Waals surface area contributed by atoms with Gasteiger partial charge in [-0.15, -0.1) is 0 Å². The lowest BCUT2D eigenvalue weighted by molar-refractivity contribution is -0.0514. The second kappa shape index (κ2) is 8.52. The number of ether oxygens (including phenoxy) is 3. The van der Waals surface area contributed by atoms with Crippen molar-refractivity contribution in [1.82, 2.24) is 0 Å². The monoisotopic (exact) mass is 328 g/mol. The normalized spacial score (nSPS) is 13.1. The Kier molecular flexibility index (Phi) is 6.41. The number of aliphatic hydroxyl groups is 1. The van der Waals surface area contributed by atoms with Gasteiger partial charge in [0.05, 0.1) is 20.3 Å². The minimum atomic E-state index is -1.24. The molecule has 24 heavy (non-hydrogen) atoms. The van der Waals surface area contributed by atoms with Crippen LogP contribution in [0.4, 0.5) is 0 Å². The van der Waals surface area contributed by atoms with Crippen molar-refractivity contribution >= 4 is 0 Å². The van der Waals surface area contributed by atoms with E-state index in [4.69, 9.17) is 14.2 Å². The summed E-state index contributed by atoms with van der Waals surface area (Å²) in [7, 11) is 1.61. The van der Waals surface area contributed by atoms with Crippen molar-refractivity contribution < 1.29 is 19.3 Å². The molecule has 0 saturated heterocycles. The number of rotatable bonds is 9. The van der Waals surface area contributed by atoms with E-state index < -0.39 is 5.60 Å². The zero-order valence-corrected chi connectivity index (χ0v) is 14.2. The quantitative estimate of drug-likeness (QED) is 0.715. The maximum Gasteiger partial charge on any atom is 0.142 e. The van der Waals surface area contributed by atoms with Gasteiger partial charge < -0.3 is 19.3 Å². The summed E-state index contributed by atoms with van der Waals surface area (Å²) >= 11 is 0. The maximum absolute atomic E-state index is 10.8. The highest BCUT2D eigenvalue weighted by molar-refractivity contribution is 5.31. The Balaban J connectivity index is 1.90. The van der Waals surface area contributed by atoms with Crippen LogP contribution in [0.15, 0.2) is 66.7 Å². The molecular weight excluding hydrogens is 304 g/mol. The maximum atomic E-state index is 10.8. The summed E-state index contributed by atoms with van der Waals surface area (Å²) in [4.78, 5) is 0. The van der Waals surface area contributed by atoms with Gasteiger partial charge in [0.25, 0.3) is 0 Å². The van der Waals surface area contributed by atoms with Gasteiger partial charge in [0.1, 0.15) is 23.7 Å². The fourth-order valence-corrected chi connectivity index (χ4v) is 2.07. The van der Waals surface area contributed by atoms with Crippen molar-refractivity contribution in [3.63, 3.8) is 0 Å². The molecule has 0 saturated carbocycles. The smallest absolute Gasteiger partial charge is 0.142 e. The predicted octanol–water partition coefficient (Wildman–Crippen LogP) is 3.60. The SMILES string of the molecule is C=C(C)C(O)(COCc1ccccc1)COc1ccc(OC)cc1. The second-order valence-corrected chi connectivity index (χ2v) is 5.75. The minimum absolute atomic E-state index is 0.0729. The largest absolute Gasteiger partial charge is 0.497 e. The molecule has 2 rings (SSSR count). The van der Waals surface area contributed by atoms with E-state index in [1.807, 2.05) is 30.3 Å². The fraction of sp³-hybridized carbons (Fsp3) is 0.300. The summed E-state index contributed by atoms with van der Waals surface area (Å²) < 4.78 is 16.5. The van der Waals surface area contributed by atoms with E-state index in [-0.39, 0.29) is 13.2 Å². The van der Waals surface area contributed by atoms with Crippen LogP contribution >= 0.6 is 0 Å². The molecule has 0 aliphatic heterocycles. The summed E-state index contributed by atoms with van der Waals surface area (Å²) in [5.41, 5.74) is 0.413. The van der Waals surface area contributed by atoms with Crippen molar-refractivity contribution in [3.05, 3.63) is 72.3 Å². The van der Waals surface area contributed by atoms with E-state index in [0.29, 0.717) is 17.9 Å². The summed E-state index contributed by atoms with van der Waals surface area (Å²) in [6.07, 6.45) is 0. The van der Waals surface area contributed by atoms with Gasteiger partial charge in [-0.05, 0) is 42.3 Å². The Morgan fingerprint density at radius 1 is 1.00 bits per heavy atom. The van der Waals surface area contributed by atoms with Gasteiger partial charge in [-0.1, -0.05) is 36.9 Å². The molecule has 0 aliphatic carbocycles. The van der Waals surface area contributed by atoms with Gasteiger partial charge in [0.15, 0.2) is 0 Å². The molecule has 0 heterocycles. The first kappa shape index (κ1) is 18.0. The number of hydrogen-bond acceptors (Lipinski definition) is 4. The number of methoxy groups -OCH3 is 1. The Morgan fingerprint density at radius 3 is 2.21 bits per heavy atom. The molecule has 1 unspecified atom stereocenters. The van der Waals surface area contributed by atoms with Crippen molar-refractivity contribution in [1.29, 1.82) is 0 Å². The first-order valence-electron chi connectivity index (χ1n) is 7.80. The van der Waals surface area contributed by atoms with E-state index in [1.54, 1.807) is 38.3 Å². The lowest BCUT2D eigenvalue weighted by Gasteiger charge is -2.28. The molecule has 0 aliphatic rings. The van der Waals surface area contributed by atoms with Crippen LogP contribution in [0.2, 0.25) is 0 Å². The average Bonchev–Trinajstić information content (AvgIpc) is 2.61. The molecule has 2 aromatic carbocycles. The highest BCUT2D eigenvalue weighted by atomic mass is 16.5. The van der Waals surface area contributed by atoms with Gasteiger partial charge in [-0.2, -0.15) is 0 Å². The summed E-state index contributed by atoms with van der Waals surface area (Å²) in [5.74, 6) is 1.40. The van der Waals surface area contributed by atoms with Gasteiger partial charge in [-0.3, -0.25) is 0 Å². The van der Waals surface area contributed by atoms with Crippen LogP contribution in [0.1, 0.15) is 12.5 Å². The van der Waals surface area contributed by atoms with Crippen LogP contribution in [-0.2, 0) is 11.3 Å². The highest BCUT2D eigenvalue weighted by Crippen LogP contribution is 2.21. The Morgan fingerprint density at radius 2 is 1.62 bits per heavy atom. The number of hydrogen-bond donors (Lipinski definition) is 1. The lowest BCUT2D eigenvalue weighted by atomic mass is 9.98. The average molecular weight is 328 g/mol. The van der Waals surface area contributed by atoms with Gasteiger partial charge in [0, 0.05) is 0 Å². The summed E-state index contributed by atoms with van der Waals surface area (Å²) in [5, 5.41) is 10.8. The van der Waals surface area contributed by atoms with Crippen molar-refractivity contribution in [2.45, 2.75) is 19.1 Å². The van der Waals surface area contributed by atoms with Gasteiger partial charge >= 0.3 is 0 Å². The molecule has 0 radical (unpaired) electrons. The topological polar surface area (TPSA) is 47.9 Å².